The van der Waals surface area contributed by atoms with E-state index in [1.54, 1.807) is 0 Å². The van der Waals surface area contributed by atoms with E-state index < -0.39 is 42.1 Å². The normalized spacial score (nSPS) is 21.5. The molecule has 0 aromatic heterocycles. The molecule has 1 atom stereocenters. The second-order valence-corrected chi connectivity index (χ2v) is 8.89. The summed E-state index contributed by atoms with van der Waals surface area (Å²) in [5, 5.41) is 0. The summed E-state index contributed by atoms with van der Waals surface area (Å²) in [6.07, 6.45) is 0.346. The minimum absolute atomic E-state index is 0.0112. The first-order chi connectivity index (χ1) is 9.61. The van der Waals surface area contributed by atoms with Gasteiger partial charge in [0.2, 0.25) is 10.0 Å². The Hall–Kier alpha value is -1.26. The molecule has 0 radical (unpaired) electrons. The molecular weight excluding hydrogens is 326 g/mol. The summed E-state index contributed by atoms with van der Waals surface area (Å²) in [4.78, 5) is -0.762. The number of hydrogen-bond donors (Lipinski definition) is 2. The third-order valence-electron chi connectivity index (χ3n) is 3.23. The third kappa shape index (κ3) is 3.69. The van der Waals surface area contributed by atoms with Gasteiger partial charge in [-0.1, -0.05) is 0 Å². The zero-order valence-corrected chi connectivity index (χ0v) is 12.5. The molecule has 1 heterocycles. The molecule has 1 aromatic rings. The lowest BCUT2D eigenvalue weighted by Crippen LogP contribution is -2.30. The zero-order chi connectivity index (χ0) is 15.8. The van der Waals surface area contributed by atoms with Crippen LogP contribution in [0.25, 0.3) is 0 Å². The molecule has 1 unspecified atom stereocenters. The number of nitrogens with two attached hydrogens (primary N) is 1. The lowest BCUT2D eigenvalue weighted by Gasteiger charge is -2.11. The first-order valence-electron chi connectivity index (χ1n) is 6.05. The highest BCUT2D eigenvalue weighted by molar-refractivity contribution is 7.91. The van der Waals surface area contributed by atoms with E-state index in [-0.39, 0.29) is 24.0 Å². The van der Waals surface area contributed by atoms with Crippen LogP contribution >= 0.6 is 0 Å². The first-order valence-corrected chi connectivity index (χ1v) is 9.36. The summed E-state index contributed by atoms with van der Waals surface area (Å²) in [5.41, 5.74) is 4.74. The van der Waals surface area contributed by atoms with Crippen LogP contribution in [-0.4, -0.2) is 34.9 Å². The maximum absolute atomic E-state index is 13.5. The van der Waals surface area contributed by atoms with Crippen molar-refractivity contribution in [2.45, 2.75) is 11.3 Å². The summed E-state index contributed by atoms with van der Waals surface area (Å²) >= 11 is 0. The number of rotatable bonds is 4. The fourth-order valence-electron chi connectivity index (χ4n) is 2.09. The van der Waals surface area contributed by atoms with Crippen molar-refractivity contribution in [3.8, 4) is 0 Å². The second-order valence-electron chi connectivity index (χ2n) is 4.93. The predicted molar refractivity (Wildman–Crippen MR) is 72.7 cm³/mol. The Bertz CT molecular complexity index is 763. The van der Waals surface area contributed by atoms with Gasteiger partial charge in [-0.15, -0.1) is 0 Å². The fourth-order valence-corrected chi connectivity index (χ4v) is 5.16. The number of sulfonamides is 1. The number of sulfone groups is 1. The zero-order valence-electron chi connectivity index (χ0n) is 10.8. The number of nitrogen functional groups attached to an aromatic ring is 1. The van der Waals surface area contributed by atoms with E-state index in [1.165, 1.54) is 0 Å². The Morgan fingerprint density at radius 1 is 1.29 bits per heavy atom. The van der Waals surface area contributed by atoms with Gasteiger partial charge in [0.15, 0.2) is 9.84 Å². The topological polar surface area (TPSA) is 106 Å². The van der Waals surface area contributed by atoms with Crippen LogP contribution in [0.3, 0.4) is 0 Å². The Morgan fingerprint density at radius 2 is 1.95 bits per heavy atom. The first kappa shape index (κ1) is 16.1. The van der Waals surface area contributed by atoms with Crippen molar-refractivity contribution in [1.82, 2.24) is 4.72 Å². The highest BCUT2D eigenvalue weighted by atomic mass is 32.2. The lowest BCUT2D eigenvalue weighted by molar-refractivity contribution is 0.527. The smallest absolute Gasteiger partial charge is 0.243 e. The molecule has 2 rings (SSSR count). The van der Waals surface area contributed by atoms with Crippen molar-refractivity contribution in [2.75, 3.05) is 23.8 Å². The number of nitrogens with one attached hydrogen (secondary N) is 1. The van der Waals surface area contributed by atoms with Crippen molar-refractivity contribution in [2.24, 2.45) is 5.92 Å². The van der Waals surface area contributed by atoms with Gasteiger partial charge in [-0.25, -0.2) is 30.3 Å². The molecule has 0 bridgehead atoms. The predicted octanol–water partition coefficient (Wildman–Crippen LogP) is 0.260. The van der Waals surface area contributed by atoms with E-state index in [9.17, 15) is 25.6 Å². The largest absolute Gasteiger partial charge is 0.396 e. The molecule has 21 heavy (non-hydrogen) atoms. The number of anilines is 1. The molecule has 0 amide bonds. The van der Waals surface area contributed by atoms with Crippen LogP contribution in [0.2, 0.25) is 0 Å². The molecule has 118 valence electrons. The molecule has 3 N–H and O–H groups in total. The monoisotopic (exact) mass is 340 g/mol. The summed E-state index contributed by atoms with van der Waals surface area (Å²) in [6, 6.07) is 1.09. The fraction of sp³-hybridized carbons (Fsp3) is 0.455. The average Bonchev–Trinajstić information content (AvgIpc) is 2.71. The molecule has 6 nitrogen and oxygen atoms in total. The van der Waals surface area contributed by atoms with Gasteiger partial charge in [0, 0.05) is 12.6 Å². The minimum Gasteiger partial charge on any atom is -0.396 e. The molecule has 0 saturated carbocycles. The van der Waals surface area contributed by atoms with E-state index >= 15 is 0 Å². The molecule has 1 aliphatic heterocycles. The van der Waals surface area contributed by atoms with Gasteiger partial charge in [0.25, 0.3) is 0 Å². The Labute approximate surface area is 121 Å². The van der Waals surface area contributed by atoms with Gasteiger partial charge in [0.1, 0.15) is 16.5 Å². The van der Waals surface area contributed by atoms with Crippen LogP contribution in [0.4, 0.5) is 14.5 Å². The Morgan fingerprint density at radius 3 is 2.52 bits per heavy atom. The van der Waals surface area contributed by atoms with Crippen LogP contribution < -0.4 is 10.5 Å². The van der Waals surface area contributed by atoms with Crippen molar-refractivity contribution >= 4 is 25.5 Å². The second kappa shape index (κ2) is 5.50. The maximum atomic E-state index is 13.5. The van der Waals surface area contributed by atoms with Crippen molar-refractivity contribution < 1.29 is 25.6 Å². The highest BCUT2D eigenvalue weighted by Crippen LogP contribution is 2.22. The van der Waals surface area contributed by atoms with Crippen molar-refractivity contribution in [3.63, 3.8) is 0 Å². The van der Waals surface area contributed by atoms with E-state index in [2.05, 4.69) is 4.72 Å². The molecule has 1 saturated heterocycles. The van der Waals surface area contributed by atoms with Gasteiger partial charge in [-0.3, -0.25) is 0 Å². The summed E-state index contributed by atoms with van der Waals surface area (Å²) in [6.45, 7) is -0.127. The van der Waals surface area contributed by atoms with E-state index in [0.29, 0.717) is 18.6 Å². The van der Waals surface area contributed by atoms with Gasteiger partial charge >= 0.3 is 0 Å². The van der Waals surface area contributed by atoms with Crippen molar-refractivity contribution in [3.05, 3.63) is 23.8 Å². The van der Waals surface area contributed by atoms with Gasteiger partial charge < -0.3 is 5.73 Å². The van der Waals surface area contributed by atoms with Crippen molar-refractivity contribution in [1.29, 1.82) is 0 Å². The lowest BCUT2D eigenvalue weighted by atomic mass is 10.1. The minimum atomic E-state index is -4.22. The van der Waals surface area contributed by atoms with E-state index in [0.717, 1.165) is 0 Å². The molecule has 10 heteroatoms. The van der Waals surface area contributed by atoms with Crippen LogP contribution in [0.1, 0.15) is 6.42 Å². The van der Waals surface area contributed by atoms with Gasteiger partial charge in [-0.05, 0) is 18.4 Å². The van der Waals surface area contributed by atoms with E-state index in [4.69, 9.17) is 5.73 Å². The highest BCUT2D eigenvalue weighted by Gasteiger charge is 2.29. The average molecular weight is 340 g/mol. The number of benzene rings is 1. The van der Waals surface area contributed by atoms with Crippen LogP contribution in [0.5, 0.6) is 0 Å². The number of hydrogen-bond acceptors (Lipinski definition) is 5. The third-order valence-corrected chi connectivity index (χ3v) is 6.51. The maximum Gasteiger partial charge on any atom is 0.243 e. The molecule has 0 spiro atoms. The summed E-state index contributed by atoms with van der Waals surface area (Å²) < 4.78 is 75.2. The Balaban J connectivity index is 2.14. The molecule has 1 aliphatic rings. The molecule has 1 aromatic carbocycles. The van der Waals surface area contributed by atoms with Crippen LogP contribution in [0.15, 0.2) is 17.0 Å². The SMILES string of the molecule is Nc1cc(S(=O)(=O)NCC2CCS(=O)(=O)C2)c(F)cc1F. The van der Waals surface area contributed by atoms with E-state index in [1.807, 2.05) is 0 Å². The van der Waals surface area contributed by atoms with Gasteiger partial charge in [-0.2, -0.15) is 0 Å². The number of halogens is 2. The summed E-state index contributed by atoms with van der Waals surface area (Å²) in [5.74, 6) is -2.76. The standard InChI is InChI=1S/C11H14F2N2O4S2/c12-8-3-9(13)11(4-10(8)14)21(18,19)15-5-7-1-2-20(16,17)6-7/h3-4,7,15H,1-2,5-6,14H2. The van der Waals surface area contributed by atoms with Crippen LogP contribution in [0, 0.1) is 17.6 Å². The molecule has 0 aliphatic carbocycles. The summed E-state index contributed by atoms with van der Waals surface area (Å²) in [7, 11) is -7.35. The Kier molecular flexibility index (Phi) is 4.22. The molecular formula is C11H14F2N2O4S2. The molecule has 1 fully saturated rings. The van der Waals surface area contributed by atoms with Gasteiger partial charge in [0.05, 0.1) is 17.2 Å². The van der Waals surface area contributed by atoms with Crippen LogP contribution in [-0.2, 0) is 19.9 Å². The quantitative estimate of drug-likeness (QED) is 0.765.